The molecule has 5 nitrogen and oxygen atoms in total. The highest BCUT2D eigenvalue weighted by Crippen LogP contribution is 2.31. The number of hydrogen-bond acceptors (Lipinski definition) is 3. The topological polar surface area (TPSA) is 55.2 Å². The summed E-state index contributed by atoms with van der Waals surface area (Å²) in [6.07, 6.45) is 0.626. The monoisotopic (exact) mass is 333 g/mol. The van der Waals surface area contributed by atoms with Crippen molar-refractivity contribution in [1.29, 1.82) is 0 Å². The molecule has 1 aromatic heterocycles. The van der Waals surface area contributed by atoms with Gasteiger partial charge in [-0.1, -0.05) is 42.5 Å². The van der Waals surface area contributed by atoms with Crippen LogP contribution in [0.25, 0.3) is 10.9 Å². The van der Waals surface area contributed by atoms with Gasteiger partial charge in [0.15, 0.2) is 0 Å². The average molecular weight is 333 g/mol. The van der Waals surface area contributed by atoms with Gasteiger partial charge in [0.05, 0.1) is 16.9 Å². The van der Waals surface area contributed by atoms with Crippen molar-refractivity contribution in [3.63, 3.8) is 0 Å². The minimum absolute atomic E-state index is 0.0624. The van der Waals surface area contributed by atoms with Gasteiger partial charge in [-0.2, -0.15) is 0 Å². The molecule has 2 atom stereocenters. The second kappa shape index (κ2) is 5.84. The normalized spacial score (nSPS) is 19.9. The lowest BCUT2D eigenvalue weighted by atomic mass is 10.00. The summed E-state index contributed by atoms with van der Waals surface area (Å²) >= 11 is 0. The molecule has 3 aromatic rings. The Labute approximate surface area is 145 Å². The van der Waals surface area contributed by atoms with E-state index in [0.717, 1.165) is 5.56 Å². The Kier molecular flexibility index (Phi) is 3.64. The third-order valence-corrected chi connectivity index (χ3v) is 4.96. The van der Waals surface area contributed by atoms with Crippen molar-refractivity contribution >= 4 is 16.8 Å². The van der Waals surface area contributed by atoms with E-state index in [4.69, 9.17) is 4.98 Å². The molecule has 5 heteroatoms. The number of benzene rings is 2. The summed E-state index contributed by atoms with van der Waals surface area (Å²) in [5, 5.41) is 0.550. The van der Waals surface area contributed by atoms with E-state index in [-0.39, 0.29) is 17.5 Å². The molecular weight excluding hydrogens is 314 g/mol. The largest absolute Gasteiger partial charge is 0.333 e. The molecule has 0 fully saturated rings. The van der Waals surface area contributed by atoms with Crippen LogP contribution in [0, 0.1) is 0 Å². The summed E-state index contributed by atoms with van der Waals surface area (Å²) in [5.41, 5.74) is 1.63. The van der Waals surface area contributed by atoms with Crippen LogP contribution in [0.2, 0.25) is 0 Å². The van der Waals surface area contributed by atoms with E-state index in [1.54, 1.807) is 29.5 Å². The first kappa shape index (κ1) is 15.6. The Bertz CT molecular complexity index is 1010. The molecule has 0 unspecified atom stereocenters. The molecule has 0 aliphatic carbocycles. The molecule has 1 aliphatic rings. The first-order chi connectivity index (χ1) is 12.1. The van der Waals surface area contributed by atoms with E-state index >= 15 is 0 Å². The van der Waals surface area contributed by atoms with Crippen molar-refractivity contribution in [2.75, 3.05) is 7.05 Å². The third-order valence-electron chi connectivity index (χ3n) is 4.96. The molecule has 2 heterocycles. The maximum absolute atomic E-state index is 13.0. The smallest absolute Gasteiger partial charge is 0.262 e. The van der Waals surface area contributed by atoms with Crippen LogP contribution in [0.5, 0.6) is 0 Å². The second-order valence-electron chi connectivity index (χ2n) is 6.49. The van der Waals surface area contributed by atoms with Gasteiger partial charge in [-0.3, -0.25) is 14.2 Å². The lowest BCUT2D eigenvalue weighted by Gasteiger charge is -2.37. The highest BCUT2D eigenvalue weighted by Gasteiger charge is 2.37. The third kappa shape index (κ3) is 2.43. The number of carbonyl (C=O) groups is 1. The molecule has 4 rings (SSSR count). The lowest BCUT2D eigenvalue weighted by molar-refractivity contribution is -0.137. The van der Waals surface area contributed by atoms with E-state index in [2.05, 4.69) is 0 Å². The van der Waals surface area contributed by atoms with E-state index in [9.17, 15) is 9.59 Å². The highest BCUT2D eigenvalue weighted by atomic mass is 16.2. The van der Waals surface area contributed by atoms with Gasteiger partial charge in [0, 0.05) is 13.5 Å². The SMILES string of the molecule is C[C@H]1C(=O)N(C)[C@H](Cc2ccccc2)c2nc3ccccc3c(=O)n21. The van der Waals surface area contributed by atoms with Crippen LogP contribution in [0.4, 0.5) is 0 Å². The summed E-state index contributed by atoms with van der Waals surface area (Å²) in [6, 6.07) is 16.5. The van der Waals surface area contributed by atoms with E-state index in [1.165, 1.54) is 0 Å². The fourth-order valence-corrected chi connectivity index (χ4v) is 3.57. The molecule has 126 valence electrons. The van der Waals surface area contributed by atoms with Crippen LogP contribution in [-0.2, 0) is 11.2 Å². The number of amides is 1. The first-order valence-electron chi connectivity index (χ1n) is 8.39. The summed E-state index contributed by atoms with van der Waals surface area (Å²) < 4.78 is 1.57. The summed E-state index contributed by atoms with van der Waals surface area (Å²) in [6.45, 7) is 1.76. The number of likely N-dealkylation sites (N-methyl/N-ethyl adjacent to an activating group) is 1. The Hall–Kier alpha value is -2.95. The van der Waals surface area contributed by atoms with Crippen molar-refractivity contribution in [2.24, 2.45) is 0 Å². The predicted molar refractivity (Wildman–Crippen MR) is 96.4 cm³/mol. The molecule has 0 N–H and O–H groups in total. The number of fused-ring (bicyclic) bond motifs is 2. The minimum atomic E-state index is -0.545. The Balaban J connectivity index is 1.94. The fraction of sp³-hybridized carbons (Fsp3) is 0.250. The number of aromatic nitrogens is 2. The Morgan fingerprint density at radius 3 is 2.44 bits per heavy atom. The molecule has 0 spiro atoms. The molecule has 0 saturated carbocycles. The number of rotatable bonds is 2. The van der Waals surface area contributed by atoms with Crippen LogP contribution >= 0.6 is 0 Å². The lowest BCUT2D eigenvalue weighted by Crippen LogP contribution is -2.48. The maximum atomic E-state index is 13.0. The molecule has 0 radical (unpaired) electrons. The van der Waals surface area contributed by atoms with E-state index in [0.29, 0.717) is 23.1 Å². The summed E-state index contributed by atoms with van der Waals surface area (Å²) in [5.74, 6) is 0.592. The standard InChI is InChI=1S/C20H19N3O2/c1-13-19(24)22(2)17(12-14-8-4-3-5-9-14)18-21-16-11-7-6-10-15(16)20(25)23(13)18/h3-11,13,17H,12H2,1-2H3/t13-,17+/m0/s1. The number of nitrogens with zero attached hydrogens (tertiary/aromatic N) is 3. The minimum Gasteiger partial charge on any atom is -0.333 e. The van der Waals surface area contributed by atoms with Crippen molar-refractivity contribution < 1.29 is 4.79 Å². The molecule has 25 heavy (non-hydrogen) atoms. The molecule has 1 amide bonds. The number of hydrogen-bond donors (Lipinski definition) is 0. The number of carbonyl (C=O) groups excluding carboxylic acids is 1. The van der Waals surface area contributed by atoms with Gasteiger partial charge in [-0.15, -0.1) is 0 Å². The van der Waals surface area contributed by atoms with Gasteiger partial charge < -0.3 is 4.90 Å². The molecule has 1 aliphatic heterocycles. The zero-order valence-corrected chi connectivity index (χ0v) is 14.2. The summed E-state index contributed by atoms with van der Waals surface area (Å²) in [7, 11) is 1.79. The van der Waals surface area contributed by atoms with Gasteiger partial charge >= 0.3 is 0 Å². The van der Waals surface area contributed by atoms with Gasteiger partial charge in [0.1, 0.15) is 11.9 Å². The van der Waals surface area contributed by atoms with Crippen LogP contribution in [0.1, 0.15) is 30.4 Å². The van der Waals surface area contributed by atoms with Gasteiger partial charge in [-0.05, 0) is 24.6 Å². The van der Waals surface area contributed by atoms with E-state index in [1.807, 2.05) is 48.5 Å². The fourth-order valence-electron chi connectivity index (χ4n) is 3.57. The molecule has 0 saturated heterocycles. The number of para-hydroxylation sites is 1. The zero-order chi connectivity index (χ0) is 17.6. The molecular formula is C20H19N3O2. The van der Waals surface area contributed by atoms with Crippen LogP contribution in [0.15, 0.2) is 59.4 Å². The van der Waals surface area contributed by atoms with Crippen molar-refractivity contribution in [3.8, 4) is 0 Å². The first-order valence-corrected chi connectivity index (χ1v) is 8.39. The van der Waals surface area contributed by atoms with Gasteiger partial charge in [0.2, 0.25) is 5.91 Å². The van der Waals surface area contributed by atoms with Crippen molar-refractivity contribution in [2.45, 2.75) is 25.4 Å². The van der Waals surface area contributed by atoms with Gasteiger partial charge in [0.25, 0.3) is 5.56 Å². The molecule has 2 aromatic carbocycles. The van der Waals surface area contributed by atoms with Gasteiger partial charge in [-0.25, -0.2) is 4.98 Å². The zero-order valence-electron chi connectivity index (χ0n) is 14.2. The molecule has 0 bridgehead atoms. The predicted octanol–water partition coefficient (Wildman–Crippen LogP) is 2.71. The van der Waals surface area contributed by atoms with Crippen LogP contribution in [-0.4, -0.2) is 27.4 Å². The van der Waals surface area contributed by atoms with Crippen LogP contribution in [0.3, 0.4) is 0 Å². The Morgan fingerprint density at radius 1 is 1.00 bits per heavy atom. The quantitative estimate of drug-likeness (QED) is 0.724. The van der Waals surface area contributed by atoms with E-state index < -0.39 is 6.04 Å². The van der Waals surface area contributed by atoms with Crippen LogP contribution < -0.4 is 5.56 Å². The van der Waals surface area contributed by atoms with Crippen molar-refractivity contribution in [3.05, 3.63) is 76.3 Å². The summed E-state index contributed by atoms with van der Waals surface area (Å²) in [4.78, 5) is 32.2. The highest BCUT2D eigenvalue weighted by molar-refractivity contribution is 5.83. The maximum Gasteiger partial charge on any atom is 0.262 e. The average Bonchev–Trinajstić information content (AvgIpc) is 2.64. The van der Waals surface area contributed by atoms with Crippen molar-refractivity contribution in [1.82, 2.24) is 14.5 Å². The Morgan fingerprint density at radius 2 is 1.68 bits per heavy atom. The second-order valence-corrected chi connectivity index (χ2v) is 6.49.